The van der Waals surface area contributed by atoms with Crippen LogP contribution in [0.4, 0.5) is 0 Å². The average Bonchev–Trinajstić information content (AvgIpc) is 2.85. The second-order valence-corrected chi connectivity index (χ2v) is 6.81. The first-order valence-electron chi connectivity index (χ1n) is 7.54. The fraction of sp³-hybridized carbons (Fsp3) is 0.353. The second kappa shape index (κ2) is 8.35. The maximum absolute atomic E-state index is 12.5. The van der Waals surface area contributed by atoms with E-state index in [2.05, 4.69) is 4.74 Å². The number of methoxy groups -OCH3 is 2. The number of esters is 1. The van der Waals surface area contributed by atoms with Crippen molar-refractivity contribution < 1.29 is 23.8 Å². The third-order valence-corrected chi connectivity index (χ3v) is 4.90. The number of nitrogens with zero attached hydrogens (tertiary/aromatic N) is 1. The molecule has 1 saturated heterocycles. The number of hydrogen-bond donors (Lipinski definition) is 0. The minimum absolute atomic E-state index is 0.190. The van der Waals surface area contributed by atoms with E-state index in [-0.39, 0.29) is 12.5 Å². The van der Waals surface area contributed by atoms with Gasteiger partial charge in [0.05, 0.1) is 25.7 Å². The highest BCUT2D eigenvalue weighted by Gasteiger charge is 2.33. The smallest absolute Gasteiger partial charge is 0.325 e. The van der Waals surface area contributed by atoms with E-state index in [0.717, 1.165) is 22.9 Å². The summed E-state index contributed by atoms with van der Waals surface area (Å²) in [5, 5.41) is 0. The van der Waals surface area contributed by atoms with Crippen molar-refractivity contribution in [3.8, 4) is 11.5 Å². The maximum atomic E-state index is 12.5. The molecule has 0 radical (unpaired) electrons. The molecule has 0 saturated carbocycles. The number of carbonyl (C=O) groups is 2. The largest absolute Gasteiger partial charge is 0.493 e. The zero-order valence-corrected chi connectivity index (χ0v) is 16.1. The number of thiocarbonyl (C=S) groups is 1. The number of amides is 1. The average molecular weight is 381 g/mol. The molecule has 0 atom stereocenters. The Morgan fingerprint density at radius 3 is 2.64 bits per heavy atom. The van der Waals surface area contributed by atoms with Crippen LogP contribution < -0.4 is 9.47 Å². The van der Waals surface area contributed by atoms with Crippen LogP contribution in [0.1, 0.15) is 18.1 Å². The van der Waals surface area contributed by atoms with E-state index in [0.29, 0.717) is 27.3 Å². The van der Waals surface area contributed by atoms with Gasteiger partial charge in [0, 0.05) is 0 Å². The number of aryl methyl sites for hydroxylation is 1. The molecular formula is C17H19NO5S2. The monoisotopic (exact) mass is 381 g/mol. The van der Waals surface area contributed by atoms with Crippen molar-refractivity contribution in [1.82, 2.24) is 4.90 Å². The van der Waals surface area contributed by atoms with E-state index in [1.807, 2.05) is 26.0 Å². The summed E-state index contributed by atoms with van der Waals surface area (Å²) in [5.41, 5.74) is 1.75. The number of thioether (sulfide) groups is 1. The van der Waals surface area contributed by atoms with Gasteiger partial charge in [-0.3, -0.25) is 14.5 Å². The van der Waals surface area contributed by atoms with Gasteiger partial charge in [0.1, 0.15) is 10.9 Å². The van der Waals surface area contributed by atoms with Crippen molar-refractivity contribution in [1.29, 1.82) is 0 Å². The van der Waals surface area contributed by atoms with E-state index < -0.39 is 5.97 Å². The summed E-state index contributed by atoms with van der Waals surface area (Å²) in [6.45, 7) is 4.11. The van der Waals surface area contributed by atoms with E-state index in [1.54, 1.807) is 13.2 Å². The van der Waals surface area contributed by atoms with E-state index >= 15 is 0 Å². The molecule has 1 aliphatic rings. The summed E-state index contributed by atoms with van der Waals surface area (Å²) in [6.07, 6.45) is 1.74. The predicted molar refractivity (Wildman–Crippen MR) is 101 cm³/mol. The van der Waals surface area contributed by atoms with Gasteiger partial charge in [-0.1, -0.05) is 24.0 Å². The summed E-state index contributed by atoms with van der Waals surface area (Å²) < 4.78 is 15.8. The van der Waals surface area contributed by atoms with Crippen LogP contribution in [0.25, 0.3) is 6.08 Å². The third-order valence-electron chi connectivity index (χ3n) is 3.53. The minimum Gasteiger partial charge on any atom is -0.493 e. The Balaban J connectivity index is 2.34. The van der Waals surface area contributed by atoms with E-state index in [4.69, 9.17) is 21.7 Å². The molecule has 134 valence electrons. The number of carbonyl (C=O) groups excluding carboxylic acids is 2. The Bertz CT molecular complexity index is 745. The molecule has 0 aliphatic carbocycles. The third kappa shape index (κ3) is 4.32. The molecule has 2 rings (SSSR count). The van der Waals surface area contributed by atoms with E-state index in [9.17, 15) is 9.59 Å². The van der Waals surface area contributed by atoms with E-state index in [1.165, 1.54) is 12.0 Å². The molecule has 0 bridgehead atoms. The Morgan fingerprint density at radius 2 is 2.04 bits per heavy atom. The molecular weight excluding hydrogens is 362 g/mol. The fourth-order valence-electron chi connectivity index (χ4n) is 2.23. The van der Waals surface area contributed by atoms with Crippen LogP contribution >= 0.6 is 24.0 Å². The molecule has 0 N–H and O–H groups in total. The van der Waals surface area contributed by atoms with Gasteiger partial charge in [-0.15, -0.1) is 0 Å². The van der Waals surface area contributed by atoms with Gasteiger partial charge < -0.3 is 14.2 Å². The fourth-order valence-corrected chi connectivity index (χ4v) is 3.48. The molecule has 1 aromatic rings. The Morgan fingerprint density at radius 1 is 1.32 bits per heavy atom. The maximum Gasteiger partial charge on any atom is 0.325 e. The molecule has 8 heteroatoms. The molecule has 1 heterocycles. The lowest BCUT2D eigenvalue weighted by Crippen LogP contribution is -2.33. The zero-order valence-electron chi connectivity index (χ0n) is 14.5. The topological polar surface area (TPSA) is 65.1 Å². The van der Waals surface area contributed by atoms with Gasteiger partial charge >= 0.3 is 5.97 Å². The first-order chi connectivity index (χ1) is 11.9. The summed E-state index contributed by atoms with van der Waals surface area (Å²) in [4.78, 5) is 25.6. The summed E-state index contributed by atoms with van der Waals surface area (Å²) in [7, 11) is 2.85. The van der Waals surface area contributed by atoms with Crippen molar-refractivity contribution in [3.63, 3.8) is 0 Å². The number of benzene rings is 1. The normalized spacial score (nSPS) is 15.7. The van der Waals surface area contributed by atoms with Crippen molar-refractivity contribution in [2.24, 2.45) is 0 Å². The Hall–Kier alpha value is -2.06. The molecule has 6 nitrogen and oxygen atoms in total. The van der Waals surface area contributed by atoms with Crippen LogP contribution in [-0.2, 0) is 14.3 Å². The van der Waals surface area contributed by atoms with Crippen LogP contribution in [0.5, 0.6) is 11.5 Å². The molecule has 25 heavy (non-hydrogen) atoms. The number of ether oxygens (including phenoxy) is 3. The lowest BCUT2D eigenvalue weighted by molar-refractivity contribution is -0.143. The molecule has 1 aromatic carbocycles. The highest BCUT2D eigenvalue weighted by molar-refractivity contribution is 8.26. The van der Waals surface area contributed by atoms with Crippen LogP contribution in [-0.4, -0.2) is 48.5 Å². The second-order valence-electron chi connectivity index (χ2n) is 5.14. The zero-order chi connectivity index (χ0) is 18.6. The van der Waals surface area contributed by atoms with Gasteiger partial charge in [-0.2, -0.15) is 0 Å². The first-order valence-corrected chi connectivity index (χ1v) is 8.77. The minimum atomic E-state index is -0.517. The SMILES string of the molecule is CCOc1cc(/C=C2\SC(=S)N(CC(=O)OC)C2=O)c(C)cc1OC. The summed E-state index contributed by atoms with van der Waals surface area (Å²) in [6, 6.07) is 3.68. The van der Waals surface area contributed by atoms with Crippen LogP contribution in [0.2, 0.25) is 0 Å². The van der Waals surface area contributed by atoms with Gasteiger partial charge in [-0.25, -0.2) is 0 Å². The lowest BCUT2D eigenvalue weighted by Gasteiger charge is -2.13. The van der Waals surface area contributed by atoms with Gasteiger partial charge in [0.2, 0.25) is 0 Å². The van der Waals surface area contributed by atoms with Crippen molar-refractivity contribution >= 4 is 46.3 Å². The molecule has 0 spiro atoms. The van der Waals surface area contributed by atoms with Crippen LogP contribution in [0.15, 0.2) is 17.0 Å². The molecule has 1 fully saturated rings. The van der Waals surface area contributed by atoms with Crippen molar-refractivity contribution in [3.05, 3.63) is 28.2 Å². The first kappa shape index (κ1) is 19.3. The molecule has 0 aromatic heterocycles. The van der Waals surface area contributed by atoms with Gasteiger partial charge in [-0.05, 0) is 43.2 Å². The molecule has 1 amide bonds. The highest BCUT2D eigenvalue weighted by Crippen LogP contribution is 2.36. The number of hydrogen-bond acceptors (Lipinski definition) is 7. The standard InChI is InChI=1S/C17H19NO5S2/c1-5-23-13-7-11(10(2)6-12(13)21-3)8-14-16(20)18(17(24)25-14)9-15(19)22-4/h6-8H,5,9H2,1-4H3/b14-8-. The lowest BCUT2D eigenvalue weighted by atomic mass is 10.1. The van der Waals surface area contributed by atoms with Crippen LogP contribution in [0.3, 0.4) is 0 Å². The predicted octanol–water partition coefficient (Wildman–Crippen LogP) is 2.78. The van der Waals surface area contributed by atoms with Gasteiger partial charge in [0.15, 0.2) is 11.5 Å². The van der Waals surface area contributed by atoms with Crippen molar-refractivity contribution in [2.75, 3.05) is 27.4 Å². The Kier molecular flexibility index (Phi) is 6.44. The molecule has 0 unspecified atom stereocenters. The number of rotatable bonds is 6. The molecule has 1 aliphatic heterocycles. The Labute approximate surface area is 156 Å². The quantitative estimate of drug-likeness (QED) is 0.426. The summed E-state index contributed by atoms with van der Waals surface area (Å²) >= 11 is 6.35. The highest BCUT2D eigenvalue weighted by atomic mass is 32.2. The summed E-state index contributed by atoms with van der Waals surface area (Å²) in [5.74, 6) is 0.409. The van der Waals surface area contributed by atoms with Crippen LogP contribution in [0, 0.1) is 6.92 Å². The van der Waals surface area contributed by atoms with Crippen molar-refractivity contribution in [2.45, 2.75) is 13.8 Å². The van der Waals surface area contributed by atoms with Gasteiger partial charge in [0.25, 0.3) is 5.91 Å².